The Bertz CT molecular complexity index is 681. The Labute approximate surface area is 128 Å². The first-order valence-corrected chi connectivity index (χ1v) is 6.81. The Kier molecular flexibility index (Phi) is 4.58. The third kappa shape index (κ3) is 4.13. The van der Waals surface area contributed by atoms with Crippen LogP contribution in [0.5, 0.6) is 5.75 Å². The highest BCUT2D eigenvalue weighted by Crippen LogP contribution is 2.31. The van der Waals surface area contributed by atoms with E-state index in [1.54, 1.807) is 57.2 Å². The van der Waals surface area contributed by atoms with Crippen LogP contribution in [0.25, 0.3) is 10.8 Å². The van der Waals surface area contributed by atoms with Gasteiger partial charge in [-0.3, -0.25) is 5.32 Å². The van der Waals surface area contributed by atoms with E-state index in [-0.39, 0.29) is 0 Å². The van der Waals surface area contributed by atoms with Crippen molar-refractivity contribution in [1.82, 2.24) is 0 Å². The summed E-state index contributed by atoms with van der Waals surface area (Å²) in [5.41, 5.74) is -0.0474. The Hall–Kier alpha value is -2.25. The number of carbonyl (C=O) groups excluding carboxylic acids is 1. The summed E-state index contributed by atoms with van der Waals surface area (Å²) in [6.45, 7) is 5.35. The minimum absolute atomic E-state index is 0.306. The lowest BCUT2D eigenvalue weighted by Crippen LogP contribution is -2.27. The molecule has 3 N–H and O–H groups in total. The molecule has 0 saturated carbocycles. The number of amides is 1. The molecule has 0 atom stereocenters. The van der Waals surface area contributed by atoms with Crippen molar-refractivity contribution in [3.05, 3.63) is 36.4 Å². The van der Waals surface area contributed by atoms with Crippen LogP contribution in [-0.2, 0) is 4.74 Å². The summed E-state index contributed by atoms with van der Waals surface area (Å²) in [6.07, 6.45) is -0.562. The van der Waals surface area contributed by atoms with Gasteiger partial charge in [-0.05, 0) is 32.9 Å². The van der Waals surface area contributed by atoms with Crippen molar-refractivity contribution in [2.24, 2.45) is 0 Å². The maximum atomic E-state index is 11.9. The quantitative estimate of drug-likeness (QED) is 0.758. The van der Waals surface area contributed by atoms with E-state index in [2.05, 4.69) is 5.32 Å². The summed E-state index contributed by atoms with van der Waals surface area (Å²) in [6, 6.07) is 10.3. The van der Waals surface area contributed by atoms with Crippen molar-refractivity contribution in [3.8, 4) is 5.75 Å². The van der Waals surface area contributed by atoms with Gasteiger partial charge >= 0.3 is 13.4 Å². The first-order valence-electron chi connectivity index (χ1n) is 6.81. The molecule has 22 heavy (non-hydrogen) atoms. The van der Waals surface area contributed by atoms with E-state index >= 15 is 0 Å². The maximum Gasteiger partial charge on any atom is 0.707 e. The monoisotopic (exact) mass is 303 g/mol. The fourth-order valence-corrected chi connectivity index (χ4v) is 2.02. The number of fused-ring (bicyclic) bond motifs is 1. The van der Waals surface area contributed by atoms with E-state index in [1.165, 1.54) is 0 Å². The van der Waals surface area contributed by atoms with Gasteiger partial charge in [0.2, 0.25) is 0 Å². The molecule has 0 aliphatic rings. The van der Waals surface area contributed by atoms with Crippen LogP contribution in [0.15, 0.2) is 36.4 Å². The van der Waals surface area contributed by atoms with E-state index in [1.807, 2.05) is 0 Å². The minimum atomic E-state index is -1.91. The number of rotatable bonds is 3. The Balaban J connectivity index is 2.33. The molecule has 0 fully saturated rings. The summed E-state index contributed by atoms with van der Waals surface area (Å²) in [4.78, 5) is 11.9. The van der Waals surface area contributed by atoms with E-state index in [9.17, 15) is 4.79 Å². The second kappa shape index (κ2) is 6.25. The average molecular weight is 303 g/mol. The van der Waals surface area contributed by atoms with Crippen LogP contribution < -0.4 is 9.97 Å². The lowest BCUT2D eigenvalue weighted by atomic mass is 10.1. The molecular weight excluding hydrogens is 285 g/mol. The van der Waals surface area contributed by atoms with Gasteiger partial charge in [-0.15, -0.1) is 0 Å². The van der Waals surface area contributed by atoms with Crippen molar-refractivity contribution in [1.29, 1.82) is 0 Å². The molecule has 7 heteroatoms. The van der Waals surface area contributed by atoms with Crippen molar-refractivity contribution >= 4 is 29.9 Å². The summed E-state index contributed by atoms with van der Waals surface area (Å²) >= 11 is 0. The number of benzene rings is 2. The maximum absolute atomic E-state index is 11.9. The summed E-state index contributed by atoms with van der Waals surface area (Å²) in [7, 11) is -1.91. The van der Waals surface area contributed by atoms with Gasteiger partial charge in [-0.25, -0.2) is 4.79 Å². The number of ether oxygens (including phenoxy) is 1. The fourth-order valence-electron chi connectivity index (χ4n) is 2.02. The molecule has 0 bridgehead atoms. The molecule has 116 valence electrons. The smallest absolute Gasteiger partial charge is 0.512 e. The van der Waals surface area contributed by atoms with Gasteiger partial charge in [0.15, 0.2) is 0 Å². The van der Waals surface area contributed by atoms with Crippen molar-refractivity contribution in [3.63, 3.8) is 0 Å². The largest absolute Gasteiger partial charge is 0.707 e. The lowest BCUT2D eigenvalue weighted by molar-refractivity contribution is 0.0636. The van der Waals surface area contributed by atoms with E-state index in [0.717, 1.165) is 0 Å². The fraction of sp³-hybridized carbons (Fsp3) is 0.267. The first kappa shape index (κ1) is 16.1. The highest BCUT2D eigenvalue weighted by atomic mass is 16.6. The molecule has 2 rings (SSSR count). The van der Waals surface area contributed by atoms with Gasteiger partial charge in [-0.2, -0.15) is 0 Å². The van der Waals surface area contributed by atoms with Crippen LogP contribution in [0.4, 0.5) is 10.5 Å². The first-order chi connectivity index (χ1) is 10.3. The molecule has 0 aliphatic heterocycles. The average Bonchev–Trinajstić information content (AvgIpc) is 2.37. The molecule has 0 radical (unpaired) electrons. The van der Waals surface area contributed by atoms with Crippen LogP contribution in [0.1, 0.15) is 20.8 Å². The van der Waals surface area contributed by atoms with E-state index < -0.39 is 19.0 Å². The Morgan fingerprint density at radius 3 is 2.36 bits per heavy atom. The van der Waals surface area contributed by atoms with Gasteiger partial charge in [0.25, 0.3) is 0 Å². The number of nitrogens with one attached hydrogen (secondary N) is 1. The standard InChI is InChI=1S/C15H18BNO5/c1-15(2,3)21-14(18)17-12-8-4-7-11-10(12)6-5-9-13(11)22-16(19)20/h4-9,19-20H,1-3H3,(H,17,18). The third-order valence-electron chi connectivity index (χ3n) is 2.75. The second-order valence-electron chi connectivity index (χ2n) is 5.73. The molecule has 2 aromatic carbocycles. The van der Waals surface area contributed by atoms with Crippen LogP contribution in [0.3, 0.4) is 0 Å². The van der Waals surface area contributed by atoms with Gasteiger partial charge < -0.3 is 19.4 Å². The zero-order valence-corrected chi connectivity index (χ0v) is 12.7. The normalized spacial score (nSPS) is 11.1. The van der Waals surface area contributed by atoms with Crippen molar-refractivity contribution < 1.29 is 24.2 Å². The molecule has 0 spiro atoms. The Morgan fingerprint density at radius 1 is 1.09 bits per heavy atom. The van der Waals surface area contributed by atoms with Gasteiger partial charge in [0, 0.05) is 10.8 Å². The van der Waals surface area contributed by atoms with Crippen molar-refractivity contribution in [2.75, 3.05) is 5.32 Å². The lowest BCUT2D eigenvalue weighted by Gasteiger charge is -2.20. The third-order valence-corrected chi connectivity index (χ3v) is 2.75. The predicted octanol–water partition coefficient (Wildman–Crippen LogP) is 2.54. The van der Waals surface area contributed by atoms with E-state index in [0.29, 0.717) is 22.2 Å². The zero-order chi connectivity index (χ0) is 16.3. The van der Waals surface area contributed by atoms with Crippen LogP contribution in [-0.4, -0.2) is 29.1 Å². The highest BCUT2D eigenvalue weighted by Gasteiger charge is 2.18. The van der Waals surface area contributed by atoms with Gasteiger partial charge in [0.05, 0.1) is 5.69 Å². The van der Waals surface area contributed by atoms with Gasteiger partial charge in [-0.1, -0.05) is 24.3 Å². The van der Waals surface area contributed by atoms with Crippen LogP contribution in [0, 0.1) is 0 Å². The summed E-state index contributed by atoms with van der Waals surface area (Å²) < 4.78 is 10.2. The SMILES string of the molecule is CC(C)(C)OC(=O)Nc1cccc2c(OB(O)O)cccc12. The molecular formula is C15H18BNO5. The molecule has 0 saturated heterocycles. The highest BCUT2D eigenvalue weighted by molar-refractivity contribution is 6.34. The summed E-state index contributed by atoms with van der Waals surface area (Å²) in [5, 5.41) is 21.9. The zero-order valence-electron chi connectivity index (χ0n) is 12.7. The number of anilines is 1. The Morgan fingerprint density at radius 2 is 1.73 bits per heavy atom. The summed E-state index contributed by atoms with van der Waals surface area (Å²) in [5.74, 6) is 0.306. The number of carbonyl (C=O) groups is 1. The van der Waals surface area contributed by atoms with Crippen LogP contribution >= 0.6 is 0 Å². The second-order valence-corrected chi connectivity index (χ2v) is 5.73. The molecule has 2 aromatic rings. The molecule has 0 aromatic heterocycles. The predicted molar refractivity (Wildman–Crippen MR) is 84.6 cm³/mol. The van der Waals surface area contributed by atoms with Gasteiger partial charge in [0.1, 0.15) is 11.4 Å². The molecule has 0 unspecified atom stereocenters. The number of hydrogen-bond donors (Lipinski definition) is 3. The minimum Gasteiger partial charge on any atom is -0.512 e. The number of hydrogen-bond acceptors (Lipinski definition) is 5. The van der Waals surface area contributed by atoms with Crippen LogP contribution in [0.2, 0.25) is 0 Å². The molecule has 0 heterocycles. The molecule has 6 nitrogen and oxygen atoms in total. The van der Waals surface area contributed by atoms with E-state index in [4.69, 9.17) is 19.4 Å². The molecule has 1 amide bonds. The molecule has 0 aliphatic carbocycles. The topological polar surface area (TPSA) is 88.0 Å². The van der Waals surface area contributed by atoms with Crippen molar-refractivity contribution in [2.45, 2.75) is 26.4 Å².